The summed E-state index contributed by atoms with van der Waals surface area (Å²) < 4.78 is 30.7. The summed E-state index contributed by atoms with van der Waals surface area (Å²) >= 11 is 0. The SMILES string of the molecule is COc1ccc(CN2C(=O)CN(S(C)(=O)=O)CC2(C)C(=O)Nc2c(C)cccc2C)cc1. The summed E-state index contributed by atoms with van der Waals surface area (Å²) in [7, 11) is -2.10. The second kappa shape index (κ2) is 8.91. The van der Waals surface area contributed by atoms with Crippen molar-refractivity contribution >= 4 is 27.5 Å². The van der Waals surface area contributed by atoms with Crippen LogP contribution in [0.15, 0.2) is 42.5 Å². The minimum atomic E-state index is -3.67. The summed E-state index contributed by atoms with van der Waals surface area (Å²) in [6, 6.07) is 12.9. The molecule has 2 amide bonds. The van der Waals surface area contributed by atoms with Crippen LogP contribution in [0.25, 0.3) is 0 Å². The predicted octanol–water partition coefficient (Wildman–Crippen LogP) is 2.31. The summed E-state index contributed by atoms with van der Waals surface area (Å²) in [5, 5.41) is 2.94. The highest BCUT2D eigenvalue weighted by Gasteiger charge is 2.49. The zero-order chi connectivity index (χ0) is 23.7. The van der Waals surface area contributed by atoms with E-state index in [0.29, 0.717) is 11.4 Å². The monoisotopic (exact) mass is 459 g/mol. The molecule has 2 aromatic carbocycles. The van der Waals surface area contributed by atoms with E-state index in [9.17, 15) is 18.0 Å². The number of nitrogens with zero attached hydrogens (tertiary/aromatic N) is 2. The zero-order valence-electron chi connectivity index (χ0n) is 19.0. The van der Waals surface area contributed by atoms with E-state index in [1.54, 1.807) is 26.2 Å². The lowest BCUT2D eigenvalue weighted by atomic mass is 9.94. The average molecular weight is 460 g/mol. The Morgan fingerprint density at radius 1 is 1.12 bits per heavy atom. The van der Waals surface area contributed by atoms with Crippen LogP contribution in [0.5, 0.6) is 5.75 Å². The molecule has 2 aromatic rings. The molecule has 1 unspecified atom stereocenters. The Morgan fingerprint density at radius 2 is 1.72 bits per heavy atom. The second-order valence-corrected chi connectivity index (χ2v) is 10.3. The van der Waals surface area contributed by atoms with Gasteiger partial charge in [-0.3, -0.25) is 9.59 Å². The van der Waals surface area contributed by atoms with Gasteiger partial charge in [0.2, 0.25) is 15.9 Å². The molecule has 8 nitrogen and oxygen atoms in total. The average Bonchev–Trinajstić information content (AvgIpc) is 2.73. The van der Waals surface area contributed by atoms with Gasteiger partial charge in [-0.2, -0.15) is 4.31 Å². The molecular formula is C23H29N3O5S. The highest BCUT2D eigenvalue weighted by atomic mass is 32.2. The quantitative estimate of drug-likeness (QED) is 0.715. The van der Waals surface area contributed by atoms with Gasteiger partial charge in [-0.15, -0.1) is 0 Å². The third kappa shape index (κ3) is 4.78. The summed E-state index contributed by atoms with van der Waals surface area (Å²) in [4.78, 5) is 28.1. The standard InChI is InChI=1S/C23H29N3O5S/c1-16-7-6-8-17(2)21(16)24-22(28)23(3)15-25(32(5,29)30)14-20(27)26(23)13-18-9-11-19(31-4)12-10-18/h6-12H,13-15H2,1-5H3,(H,24,28). The van der Waals surface area contributed by atoms with Crippen molar-refractivity contribution in [1.29, 1.82) is 0 Å². The number of ether oxygens (including phenoxy) is 1. The van der Waals surface area contributed by atoms with Crippen LogP contribution in [0.3, 0.4) is 0 Å². The number of methoxy groups -OCH3 is 1. The first-order chi connectivity index (χ1) is 15.0. The fourth-order valence-corrected chi connectivity index (χ4v) is 4.69. The van der Waals surface area contributed by atoms with Gasteiger partial charge in [0.05, 0.1) is 19.9 Å². The molecule has 1 N–H and O–H groups in total. The lowest BCUT2D eigenvalue weighted by molar-refractivity contribution is -0.151. The number of para-hydroxylation sites is 1. The summed E-state index contributed by atoms with van der Waals surface area (Å²) in [6.45, 7) is 5.10. The van der Waals surface area contributed by atoms with Gasteiger partial charge in [-0.25, -0.2) is 8.42 Å². The van der Waals surface area contributed by atoms with Gasteiger partial charge in [0.15, 0.2) is 0 Å². The second-order valence-electron chi connectivity index (χ2n) is 8.35. The number of rotatable bonds is 6. The van der Waals surface area contributed by atoms with Gasteiger partial charge in [0.1, 0.15) is 11.3 Å². The first-order valence-corrected chi connectivity index (χ1v) is 12.1. The Morgan fingerprint density at radius 3 is 2.25 bits per heavy atom. The molecule has 0 aliphatic carbocycles. The molecule has 32 heavy (non-hydrogen) atoms. The van der Waals surface area contributed by atoms with Gasteiger partial charge < -0.3 is 15.0 Å². The van der Waals surface area contributed by atoms with Gasteiger partial charge in [-0.05, 0) is 49.6 Å². The number of carbonyl (C=O) groups is 2. The number of amides is 2. The van der Waals surface area contributed by atoms with E-state index in [4.69, 9.17) is 4.74 Å². The van der Waals surface area contributed by atoms with E-state index in [2.05, 4.69) is 5.32 Å². The van der Waals surface area contributed by atoms with Crippen LogP contribution in [0.1, 0.15) is 23.6 Å². The summed E-state index contributed by atoms with van der Waals surface area (Å²) in [5.74, 6) is -0.195. The Bertz CT molecular complexity index is 1110. The Hall–Kier alpha value is -2.91. The third-order valence-corrected chi connectivity index (χ3v) is 7.07. The molecule has 1 aliphatic heterocycles. The molecule has 1 saturated heterocycles. The van der Waals surface area contributed by atoms with Crippen LogP contribution >= 0.6 is 0 Å². The molecule has 1 fully saturated rings. The summed E-state index contributed by atoms with van der Waals surface area (Å²) in [6.07, 6.45) is 1.04. The van der Waals surface area contributed by atoms with Crippen molar-refractivity contribution in [3.63, 3.8) is 0 Å². The Labute approximate surface area is 189 Å². The fourth-order valence-electron chi connectivity index (χ4n) is 3.86. The number of sulfonamides is 1. The molecule has 1 atom stereocenters. The van der Waals surface area contributed by atoms with Crippen LogP contribution in [-0.4, -0.2) is 61.4 Å². The van der Waals surface area contributed by atoms with Crippen molar-refractivity contribution in [2.24, 2.45) is 0 Å². The third-order valence-electron chi connectivity index (χ3n) is 5.87. The maximum Gasteiger partial charge on any atom is 0.251 e. The highest BCUT2D eigenvalue weighted by Crippen LogP contribution is 2.29. The first-order valence-electron chi connectivity index (χ1n) is 10.2. The van der Waals surface area contributed by atoms with E-state index < -0.39 is 27.4 Å². The molecule has 0 bridgehead atoms. The molecule has 0 aromatic heterocycles. The largest absolute Gasteiger partial charge is 0.497 e. The molecule has 3 rings (SSSR count). The molecule has 1 heterocycles. The van der Waals surface area contributed by atoms with Crippen LogP contribution in [-0.2, 0) is 26.2 Å². The maximum atomic E-state index is 13.6. The number of nitrogens with one attached hydrogen (secondary N) is 1. The number of hydrogen-bond donors (Lipinski definition) is 1. The summed E-state index contributed by atoms with van der Waals surface area (Å²) in [5.41, 5.74) is 1.81. The van der Waals surface area contributed by atoms with E-state index in [1.807, 2.05) is 44.2 Å². The first kappa shape index (κ1) is 23.7. The molecule has 1 aliphatic rings. The van der Waals surface area contributed by atoms with Gasteiger partial charge in [0.25, 0.3) is 5.91 Å². The highest BCUT2D eigenvalue weighted by molar-refractivity contribution is 7.88. The van der Waals surface area contributed by atoms with E-state index >= 15 is 0 Å². The van der Waals surface area contributed by atoms with Crippen LogP contribution in [0.2, 0.25) is 0 Å². The molecule has 0 spiro atoms. The van der Waals surface area contributed by atoms with Crippen molar-refractivity contribution < 1.29 is 22.7 Å². The Balaban J connectivity index is 1.98. The minimum Gasteiger partial charge on any atom is -0.497 e. The number of aryl methyl sites for hydroxylation is 2. The molecule has 9 heteroatoms. The predicted molar refractivity (Wildman–Crippen MR) is 123 cm³/mol. The van der Waals surface area contributed by atoms with Crippen molar-refractivity contribution in [3.05, 3.63) is 59.2 Å². The van der Waals surface area contributed by atoms with Crippen LogP contribution < -0.4 is 10.1 Å². The number of anilines is 1. The van der Waals surface area contributed by atoms with Crippen molar-refractivity contribution in [1.82, 2.24) is 9.21 Å². The number of benzene rings is 2. The number of piperazine rings is 1. The molecular weight excluding hydrogens is 430 g/mol. The lowest BCUT2D eigenvalue weighted by Gasteiger charge is -2.46. The van der Waals surface area contributed by atoms with Crippen LogP contribution in [0, 0.1) is 13.8 Å². The zero-order valence-corrected chi connectivity index (χ0v) is 19.8. The minimum absolute atomic E-state index is 0.134. The number of hydrogen-bond acceptors (Lipinski definition) is 5. The maximum absolute atomic E-state index is 13.6. The molecule has 172 valence electrons. The van der Waals surface area contributed by atoms with Crippen molar-refractivity contribution in [2.45, 2.75) is 32.9 Å². The topological polar surface area (TPSA) is 96.0 Å². The van der Waals surface area contributed by atoms with Crippen molar-refractivity contribution in [3.8, 4) is 5.75 Å². The normalized spacial score (nSPS) is 19.7. The van der Waals surface area contributed by atoms with Crippen LogP contribution in [0.4, 0.5) is 5.69 Å². The fraction of sp³-hybridized carbons (Fsp3) is 0.391. The molecule has 0 saturated carbocycles. The van der Waals surface area contributed by atoms with E-state index in [-0.39, 0.29) is 19.6 Å². The van der Waals surface area contributed by atoms with E-state index in [0.717, 1.165) is 27.3 Å². The van der Waals surface area contributed by atoms with E-state index in [1.165, 1.54) is 4.90 Å². The lowest BCUT2D eigenvalue weighted by Crippen LogP contribution is -2.68. The molecule has 0 radical (unpaired) electrons. The Kier molecular flexibility index (Phi) is 6.61. The van der Waals surface area contributed by atoms with Crippen molar-refractivity contribution in [2.75, 3.05) is 31.8 Å². The van der Waals surface area contributed by atoms with Gasteiger partial charge in [0, 0.05) is 18.8 Å². The smallest absolute Gasteiger partial charge is 0.251 e. The number of carbonyl (C=O) groups excluding carboxylic acids is 2. The van der Waals surface area contributed by atoms with Gasteiger partial charge in [-0.1, -0.05) is 30.3 Å². The van der Waals surface area contributed by atoms with Gasteiger partial charge >= 0.3 is 0 Å².